The molecule has 2 N–H and O–H groups in total. The molecule has 0 saturated carbocycles. The van der Waals surface area contributed by atoms with E-state index in [2.05, 4.69) is 10.6 Å². The quantitative estimate of drug-likeness (QED) is 0.649. The van der Waals surface area contributed by atoms with Gasteiger partial charge >= 0.3 is 12.1 Å². The van der Waals surface area contributed by atoms with Crippen LogP contribution in [0.3, 0.4) is 0 Å². The van der Waals surface area contributed by atoms with Crippen LogP contribution in [0.4, 0.5) is 9.59 Å². The third-order valence-corrected chi connectivity index (χ3v) is 2.84. The van der Waals surface area contributed by atoms with E-state index in [0.717, 1.165) is 0 Å². The van der Waals surface area contributed by atoms with Gasteiger partial charge in [0.25, 0.3) is 5.91 Å². The van der Waals surface area contributed by atoms with Gasteiger partial charge in [-0.3, -0.25) is 10.1 Å². The first-order chi connectivity index (χ1) is 8.26. The molecule has 18 heavy (non-hydrogen) atoms. The molecule has 0 aromatic rings. The Balaban J connectivity index is 1.82. The van der Waals surface area contributed by atoms with Crippen molar-refractivity contribution in [2.24, 2.45) is 5.92 Å². The third-order valence-electron chi connectivity index (χ3n) is 2.84. The molecule has 7 nitrogen and oxygen atoms in total. The number of amides is 4. The van der Waals surface area contributed by atoms with E-state index in [1.54, 1.807) is 20.8 Å². The standard InChI is InChI=1S/C11H17N3O4/c1-11(2,3)18-10(17)14-4-6(5-14)7-8(15)13-9(16)12-7/h6-7H,4-5H2,1-3H3,(H2,12,13,15,16). The smallest absolute Gasteiger partial charge is 0.410 e. The predicted octanol–water partition coefficient (Wildman–Crippen LogP) is 0.0613. The molecule has 2 saturated heterocycles. The molecule has 100 valence electrons. The van der Waals surface area contributed by atoms with Gasteiger partial charge in [-0.25, -0.2) is 9.59 Å². The molecule has 2 aliphatic rings. The molecule has 1 atom stereocenters. The Morgan fingerprint density at radius 2 is 1.94 bits per heavy atom. The average Bonchev–Trinajstić information content (AvgIpc) is 2.39. The number of likely N-dealkylation sites (tertiary alicyclic amines) is 1. The summed E-state index contributed by atoms with van der Waals surface area (Å²) in [5, 5.41) is 4.71. The van der Waals surface area contributed by atoms with Gasteiger partial charge in [0.2, 0.25) is 0 Å². The minimum absolute atomic E-state index is 0.0380. The van der Waals surface area contributed by atoms with Crippen molar-refractivity contribution in [3.05, 3.63) is 0 Å². The summed E-state index contributed by atoms with van der Waals surface area (Å²) in [6, 6.07) is -1.00. The predicted molar refractivity (Wildman–Crippen MR) is 61.8 cm³/mol. The molecule has 2 rings (SSSR count). The number of nitrogens with one attached hydrogen (secondary N) is 2. The normalized spacial score (nSPS) is 24.4. The Labute approximate surface area is 105 Å². The summed E-state index contributed by atoms with van der Waals surface area (Å²) in [5.74, 6) is -0.363. The number of carbonyl (C=O) groups excluding carboxylic acids is 3. The summed E-state index contributed by atoms with van der Waals surface area (Å²) in [6.07, 6.45) is -0.386. The SMILES string of the molecule is CC(C)(C)OC(=O)N1CC(C2NC(=O)NC2=O)C1. The van der Waals surface area contributed by atoms with Gasteiger partial charge in [-0.15, -0.1) is 0 Å². The number of imide groups is 1. The highest BCUT2D eigenvalue weighted by molar-refractivity contribution is 6.04. The lowest BCUT2D eigenvalue weighted by Crippen LogP contribution is -2.58. The Hall–Kier alpha value is -1.79. The van der Waals surface area contributed by atoms with Crippen LogP contribution in [-0.2, 0) is 9.53 Å². The molecule has 0 aromatic heterocycles. The zero-order chi connectivity index (χ0) is 13.5. The second kappa shape index (κ2) is 4.15. The first-order valence-corrected chi connectivity index (χ1v) is 5.85. The maximum absolute atomic E-state index is 11.7. The van der Waals surface area contributed by atoms with Crippen LogP contribution in [-0.4, -0.2) is 47.7 Å². The lowest BCUT2D eigenvalue weighted by molar-refractivity contribution is -0.122. The molecule has 2 aliphatic heterocycles. The Morgan fingerprint density at radius 3 is 2.39 bits per heavy atom. The van der Waals surface area contributed by atoms with Crippen molar-refractivity contribution in [1.29, 1.82) is 0 Å². The number of rotatable bonds is 1. The highest BCUT2D eigenvalue weighted by Crippen LogP contribution is 2.23. The first-order valence-electron chi connectivity index (χ1n) is 5.85. The molecular formula is C11H17N3O4. The van der Waals surface area contributed by atoms with Gasteiger partial charge in [-0.1, -0.05) is 0 Å². The van der Waals surface area contributed by atoms with Gasteiger partial charge < -0.3 is 15.0 Å². The fourth-order valence-corrected chi connectivity index (χ4v) is 1.96. The van der Waals surface area contributed by atoms with Gasteiger partial charge in [0, 0.05) is 19.0 Å². The maximum atomic E-state index is 11.7. The van der Waals surface area contributed by atoms with Crippen molar-refractivity contribution >= 4 is 18.0 Å². The number of urea groups is 1. The van der Waals surface area contributed by atoms with Crippen LogP contribution < -0.4 is 10.6 Å². The molecule has 0 radical (unpaired) electrons. The average molecular weight is 255 g/mol. The zero-order valence-electron chi connectivity index (χ0n) is 10.6. The summed E-state index contributed by atoms with van der Waals surface area (Å²) in [5.41, 5.74) is -0.527. The molecule has 7 heteroatoms. The van der Waals surface area contributed by atoms with Crippen molar-refractivity contribution < 1.29 is 19.1 Å². The van der Waals surface area contributed by atoms with Crippen molar-refractivity contribution in [3.63, 3.8) is 0 Å². The first kappa shape index (κ1) is 12.7. The van der Waals surface area contributed by atoms with Crippen LogP contribution in [0.2, 0.25) is 0 Å². The second-order valence-corrected chi connectivity index (χ2v) is 5.59. The lowest BCUT2D eigenvalue weighted by Gasteiger charge is -2.41. The Morgan fingerprint density at radius 1 is 1.33 bits per heavy atom. The van der Waals surface area contributed by atoms with E-state index in [1.807, 2.05) is 0 Å². The van der Waals surface area contributed by atoms with Gasteiger partial charge in [0.15, 0.2) is 0 Å². The van der Waals surface area contributed by atoms with Gasteiger partial charge in [-0.2, -0.15) is 0 Å². The minimum Gasteiger partial charge on any atom is -0.444 e. The summed E-state index contributed by atoms with van der Waals surface area (Å²) >= 11 is 0. The van der Waals surface area contributed by atoms with E-state index >= 15 is 0 Å². The van der Waals surface area contributed by atoms with E-state index in [4.69, 9.17) is 4.74 Å². The largest absolute Gasteiger partial charge is 0.444 e. The molecular weight excluding hydrogens is 238 g/mol. The van der Waals surface area contributed by atoms with Crippen molar-refractivity contribution in [2.75, 3.05) is 13.1 Å². The molecule has 1 unspecified atom stereocenters. The highest BCUT2D eigenvalue weighted by atomic mass is 16.6. The van der Waals surface area contributed by atoms with E-state index in [1.165, 1.54) is 4.90 Å². The zero-order valence-corrected chi connectivity index (χ0v) is 10.6. The number of carbonyl (C=O) groups is 3. The van der Waals surface area contributed by atoms with Gasteiger partial charge in [0.05, 0.1) is 0 Å². The van der Waals surface area contributed by atoms with Crippen LogP contribution in [0, 0.1) is 5.92 Å². The molecule has 4 amide bonds. The Bertz CT molecular complexity index is 396. The summed E-state index contributed by atoms with van der Waals surface area (Å²) in [6.45, 7) is 6.24. The van der Waals surface area contributed by atoms with Crippen LogP contribution in [0.1, 0.15) is 20.8 Å². The van der Waals surface area contributed by atoms with Gasteiger partial charge in [-0.05, 0) is 20.8 Å². The summed E-state index contributed by atoms with van der Waals surface area (Å²) < 4.78 is 5.20. The van der Waals surface area contributed by atoms with Crippen LogP contribution >= 0.6 is 0 Å². The lowest BCUT2D eigenvalue weighted by atomic mass is 9.92. The van der Waals surface area contributed by atoms with Crippen LogP contribution in [0.5, 0.6) is 0 Å². The third kappa shape index (κ3) is 2.55. The van der Waals surface area contributed by atoms with E-state index < -0.39 is 17.7 Å². The molecule has 2 heterocycles. The van der Waals surface area contributed by atoms with E-state index in [0.29, 0.717) is 13.1 Å². The van der Waals surface area contributed by atoms with Crippen molar-refractivity contribution in [1.82, 2.24) is 15.5 Å². The monoisotopic (exact) mass is 255 g/mol. The second-order valence-electron chi connectivity index (χ2n) is 5.59. The summed E-state index contributed by atoms with van der Waals surface area (Å²) in [4.78, 5) is 35.5. The molecule has 0 bridgehead atoms. The topological polar surface area (TPSA) is 87.7 Å². The number of ether oxygens (including phenoxy) is 1. The number of hydrogen-bond acceptors (Lipinski definition) is 4. The minimum atomic E-state index is -0.531. The molecule has 2 fully saturated rings. The van der Waals surface area contributed by atoms with Crippen molar-refractivity contribution in [3.8, 4) is 0 Å². The Kier molecular flexibility index (Phi) is 2.92. The van der Waals surface area contributed by atoms with E-state index in [-0.39, 0.29) is 17.9 Å². The molecule has 0 aromatic carbocycles. The van der Waals surface area contributed by atoms with Crippen LogP contribution in [0.25, 0.3) is 0 Å². The van der Waals surface area contributed by atoms with E-state index in [9.17, 15) is 14.4 Å². The fraction of sp³-hybridized carbons (Fsp3) is 0.727. The molecule has 0 aliphatic carbocycles. The number of hydrogen-bond donors (Lipinski definition) is 2. The summed E-state index contributed by atoms with van der Waals surface area (Å²) in [7, 11) is 0. The van der Waals surface area contributed by atoms with Gasteiger partial charge in [0.1, 0.15) is 11.6 Å². The molecule has 0 spiro atoms. The fourth-order valence-electron chi connectivity index (χ4n) is 1.96. The maximum Gasteiger partial charge on any atom is 0.410 e. The number of nitrogens with zero attached hydrogens (tertiary/aromatic N) is 1. The highest BCUT2D eigenvalue weighted by Gasteiger charge is 2.44. The van der Waals surface area contributed by atoms with Crippen molar-refractivity contribution in [2.45, 2.75) is 32.4 Å². The van der Waals surface area contributed by atoms with Crippen LogP contribution in [0.15, 0.2) is 0 Å².